The zero-order valence-electron chi connectivity index (χ0n) is 15.9. The van der Waals surface area contributed by atoms with E-state index < -0.39 is 6.04 Å². The number of methoxy groups -OCH3 is 1. The van der Waals surface area contributed by atoms with E-state index in [-0.39, 0.29) is 18.2 Å². The topological polar surface area (TPSA) is 76.5 Å². The highest BCUT2D eigenvalue weighted by atomic mass is 16.5. The van der Waals surface area contributed by atoms with E-state index in [0.717, 1.165) is 22.3 Å². The van der Waals surface area contributed by atoms with Crippen molar-refractivity contribution < 1.29 is 14.3 Å². The molecule has 0 fully saturated rings. The first kappa shape index (κ1) is 18.2. The number of carbonyl (C=O) groups is 2. The molecule has 1 aliphatic heterocycles. The Labute approximate surface area is 162 Å². The molecule has 1 unspecified atom stereocenters. The number of nitrogens with one attached hydrogen (secondary N) is 1. The minimum atomic E-state index is -0.621. The second-order valence-electron chi connectivity index (χ2n) is 6.89. The van der Waals surface area contributed by atoms with Crippen molar-refractivity contribution in [2.75, 3.05) is 30.5 Å². The van der Waals surface area contributed by atoms with Gasteiger partial charge in [0.05, 0.1) is 30.6 Å². The summed E-state index contributed by atoms with van der Waals surface area (Å²) in [6, 6.07) is 14.6. The summed E-state index contributed by atoms with van der Waals surface area (Å²) in [5.41, 5.74) is 3.43. The van der Waals surface area contributed by atoms with E-state index in [1.165, 1.54) is 0 Å². The van der Waals surface area contributed by atoms with Crippen molar-refractivity contribution in [2.24, 2.45) is 0 Å². The molecule has 2 heterocycles. The molecule has 0 saturated carbocycles. The molecule has 7 nitrogen and oxygen atoms in total. The molecule has 3 aromatic rings. The lowest BCUT2D eigenvalue weighted by Gasteiger charge is -2.15. The molecule has 1 aliphatic rings. The van der Waals surface area contributed by atoms with Crippen molar-refractivity contribution in [3.8, 4) is 0 Å². The molecule has 0 aliphatic carbocycles. The highest BCUT2D eigenvalue weighted by Crippen LogP contribution is 2.36. The van der Waals surface area contributed by atoms with Gasteiger partial charge in [-0.1, -0.05) is 24.3 Å². The summed E-state index contributed by atoms with van der Waals surface area (Å²) < 4.78 is 7.00. The normalized spacial score (nSPS) is 15.9. The zero-order valence-corrected chi connectivity index (χ0v) is 15.9. The average molecular weight is 378 g/mol. The van der Waals surface area contributed by atoms with E-state index in [9.17, 15) is 9.59 Å². The van der Waals surface area contributed by atoms with Gasteiger partial charge in [-0.2, -0.15) is 0 Å². The molecule has 0 saturated heterocycles. The van der Waals surface area contributed by atoms with Crippen LogP contribution >= 0.6 is 0 Å². The van der Waals surface area contributed by atoms with Gasteiger partial charge in [-0.15, -0.1) is 0 Å². The number of benzene rings is 2. The van der Waals surface area contributed by atoms with Crippen molar-refractivity contribution in [3.05, 3.63) is 54.1 Å². The molecule has 2 aromatic carbocycles. The number of rotatable bonds is 6. The third kappa shape index (κ3) is 3.25. The maximum Gasteiger partial charge on any atom is 0.253 e. The molecule has 0 bridgehead atoms. The Morgan fingerprint density at radius 3 is 2.82 bits per heavy atom. The van der Waals surface area contributed by atoms with Gasteiger partial charge >= 0.3 is 0 Å². The van der Waals surface area contributed by atoms with Gasteiger partial charge < -0.3 is 10.1 Å². The quantitative estimate of drug-likeness (QED) is 0.716. The SMILES string of the molecule is COCCN1C(=O)C(CC(=O)Nc2cccc(C)c2)n2c1nc1ccccc12. The summed E-state index contributed by atoms with van der Waals surface area (Å²) in [6.45, 7) is 2.76. The molecule has 1 N–H and O–H groups in total. The Hall–Kier alpha value is -3.19. The molecule has 4 rings (SSSR count). The summed E-state index contributed by atoms with van der Waals surface area (Å²) in [7, 11) is 1.59. The van der Waals surface area contributed by atoms with Crippen LogP contribution in [0.15, 0.2) is 48.5 Å². The summed E-state index contributed by atoms with van der Waals surface area (Å²) in [4.78, 5) is 31.9. The number of hydrogen-bond acceptors (Lipinski definition) is 4. The number of fused-ring (bicyclic) bond motifs is 3. The predicted octanol–water partition coefficient (Wildman–Crippen LogP) is 2.91. The molecule has 1 atom stereocenters. The average Bonchev–Trinajstić information content (AvgIpc) is 3.16. The van der Waals surface area contributed by atoms with Crippen molar-refractivity contribution in [1.82, 2.24) is 9.55 Å². The standard InChI is InChI=1S/C21H22N4O3/c1-14-6-5-7-15(12-14)22-19(26)13-18-20(27)24(10-11-28-2)21-23-16-8-3-4-9-17(16)25(18)21/h3-9,12,18H,10-11,13H2,1-2H3,(H,22,26). The van der Waals surface area contributed by atoms with Crippen molar-refractivity contribution in [3.63, 3.8) is 0 Å². The van der Waals surface area contributed by atoms with Crippen LogP contribution in [0.4, 0.5) is 11.6 Å². The van der Waals surface area contributed by atoms with Gasteiger partial charge in [-0.05, 0) is 36.8 Å². The maximum atomic E-state index is 13.0. The number of imidazole rings is 1. The lowest BCUT2D eigenvalue weighted by molar-refractivity contribution is -0.124. The van der Waals surface area contributed by atoms with Crippen molar-refractivity contribution >= 4 is 34.5 Å². The lowest BCUT2D eigenvalue weighted by atomic mass is 10.1. The largest absolute Gasteiger partial charge is 0.383 e. The Balaban J connectivity index is 1.63. The third-order valence-electron chi connectivity index (χ3n) is 4.88. The fraction of sp³-hybridized carbons (Fsp3) is 0.286. The van der Waals surface area contributed by atoms with Gasteiger partial charge in [0.15, 0.2) is 0 Å². The number of carbonyl (C=O) groups excluding carboxylic acids is 2. The predicted molar refractivity (Wildman–Crippen MR) is 107 cm³/mol. The minimum Gasteiger partial charge on any atom is -0.383 e. The number of nitrogens with zero attached hydrogens (tertiary/aromatic N) is 3. The van der Waals surface area contributed by atoms with Crippen LogP contribution in [0.1, 0.15) is 18.0 Å². The Morgan fingerprint density at radius 2 is 2.04 bits per heavy atom. The number of para-hydroxylation sites is 2. The fourth-order valence-electron chi connectivity index (χ4n) is 3.60. The van der Waals surface area contributed by atoms with E-state index in [0.29, 0.717) is 19.1 Å². The monoisotopic (exact) mass is 378 g/mol. The first-order valence-electron chi connectivity index (χ1n) is 9.22. The van der Waals surface area contributed by atoms with Crippen LogP contribution in [0, 0.1) is 6.92 Å². The van der Waals surface area contributed by atoms with Gasteiger partial charge in [0, 0.05) is 12.8 Å². The number of amides is 2. The smallest absolute Gasteiger partial charge is 0.253 e. The first-order chi connectivity index (χ1) is 13.6. The van der Waals surface area contributed by atoms with E-state index in [1.54, 1.807) is 12.0 Å². The highest BCUT2D eigenvalue weighted by molar-refractivity contribution is 6.05. The van der Waals surface area contributed by atoms with Crippen LogP contribution in [0.3, 0.4) is 0 Å². The molecule has 7 heteroatoms. The zero-order chi connectivity index (χ0) is 19.7. The Bertz CT molecular complexity index is 1040. The Kier molecular flexibility index (Phi) is 4.83. The lowest BCUT2D eigenvalue weighted by Crippen LogP contribution is -2.33. The van der Waals surface area contributed by atoms with E-state index in [1.807, 2.05) is 60.0 Å². The molecular formula is C21H22N4O3. The van der Waals surface area contributed by atoms with Crippen LogP contribution in [-0.2, 0) is 14.3 Å². The fourth-order valence-corrected chi connectivity index (χ4v) is 3.60. The highest BCUT2D eigenvalue weighted by Gasteiger charge is 2.40. The van der Waals surface area contributed by atoms with Gasteiger partial charge in [0.1, 0.15) is 6.04 Å². The van der Waals surface area contributed by atoms with Gasteiger partial charge in [0.2, 0.25) is 11.9 Å². The van der Waals surface area contributed by atoms with Crippen molar-refractivity contribution in [2.45, 2.75) is 19.4 Å². The second-order valence-corrected chi connectivity index (χ2v) is 6.89. The van der Waals surface area contributed by atoms with Crippen LogP contribution in [0.5, 0.6) is 0 Å². The number of aromatic nitrogens is 2. The third-order valence-corrected chi connectivity index (χ3v) is 4.88. The molecule has 144 valence electrons. The van der Waals surface area contributed by atoms with E-state index >= 15 is 0 Å². The maximum absolute atomic E-state index is 13.0. The molecule has 28 heavy (non-hydrogen) atoms. The summed E-state index contributed by atoms with van der Waals surface area (Å²) >= 11 is 0. The number of ether oxygens (including phenoxy) is 1. The first-order valence-corrected chi connectivity index (χ1v) is 9.22. The molecular weight excluding hydrogens is 356 g/mol. The molecule has 0 radical (unpaired) electrons. The van der Waals surface area contributed by atoms with Crippen molar-refractivity contribution in [1.29, 1.82) is 0 Å². The molecule has 2 amide bonds. The number of hydrogen-bond donors (Lipinski definition) is 1. The molecule has 1 aromatic heterocycles. The van der Waals surface area contributed by atoms with Gasteiger partial charge in [0.25, 0.3) is 5.91 Å². The van der Waals surface area contributed by atoms with Crippen LogP contribution in [0.2, 0.25) is 0 Å². The van der Waals surface area contributed by atoms with Gasteiger partial charge in [-0.3, -0.25) is 19.1 Å². The summed E-state index contributed by atoms with van der Waals surface area (Å²) in [5, 5.41) is 2.89. The van der Waals surface area contributed by atoms with E-state index in [4.69, 9.17) is 4.74 Å². The number of anilines is 2. The minimum absolute atomic E-state index is 0.0452. The van der Waals surface area contributed by atoms with Crippen LogP contribution < -0.4 is 10.2 Å². The summed E-state index contributed by atoms with van der Waals surface area (Å²) in [5.74, 6) is 0.225. The summed E-state index contributed by atoms with van der Waals surface area (Å²) in [6.07, 6.45) is 0.0452. The van der Waals surface area contributed by atoms with E-state index in [2.05, 4.69) is 10.3 Å². The van der Waals surface area contributed by atoms with Crippen LogP contribution in [0.25, 0.3) is 11.0 Å². The van der Waals surface area contributed by atoms with Gasteiger partial charge in [-0.25, -0.2) is 4.98 Å². The number of aryl methyl sites for hydroxylation is 1. The second kappa shape index (κ2) is 7.44. The Morgan fingerprint density at radius 1 is 1.21 bits per heavy atom. The van der Waals surface area contributed by atoms with Crippen LogP contribution in [-0.4, -0.2) is 41.6 Å². The molecule has 0 spiro atoms.